The fraction of sp³-hybridized carbons (Fsp3) is 0.652. The van der Waals surface area contributed by atoms with Gasteiger partial charge in [0.15, 0.2) is 0 Å². The van der Waals surface area contributed by atoms with E-state index in [1.807, 2.05) is 19.1 Å². The minimum absolute atomic E-state index is 0.254. The Kier molecular flexibility index (Phi) is 4.87. The molecule has 0 bridgehead atoms. The topological polar surface area (TPSA) is 67.6 Å². The molecule has 0 amide bonds. The maximum Gasteiger partial charge on any atom is 0.338 e. The molecule has 1 aliphatic heterocycles. The Hall–Kier alpha value is -1.92. The van der Waals surface area contributed by atoms with Crippen LogP contribution in [0.25, 0.3) is 11.0 Å². The summed E-state index contributed by atoms with van der Waals surface area (Å²) in [7, 11) is 0. The number of likely N-dealkylation sites (tertiary alicyclic amines) is 1. The number of carboxylic acids is 1. The van der Waals surface area contributed by atoms with Crippen LogP contribution in [0.15, 0.2) is 18.3 Å². The Labute approximate surface area is 171 Å². The van der Waals surface area contributed by atoms with E-state index in [9.17, 15) is 9.90 Å². The smallest absolute Gasteiger partial charge is 0.338 e. The lowest BCUT2D eigenvalue weighted by Crippen LogP contribution is -2.57. The lowest BCUT2D eigenvalue weighted by molar-refractivity contribution is -0.0864. The minimum atomic E-state index is -0.865. The number of aromatic carboxylic acids is 1. The molecule has 3 heterocycles. The van der Waals surface area contributed by atoms with Crippen molar-refractivity contribution in [1.82, 2.24) is 14.5 Å². The van der Waals surface area contributed by atoms with Gasteiger partial charge in [-0.3, -0.25) is 4.90 Å². The highest BCUT2D eigenvalue weighted by atomic mass is 16.5. The van der Waals surface area contributed by atoms with E-state index in [0.717, 1.165) is 29.8 Å². The fourth-order valence-electron chi connectivity index (χ4n) is 5.52. The first kappa shape index (κ1) is 19.1. The summed E-state index contributed by atoms with van der Waals surface area (Å²) in [5.41, 5.74) is 2.03. The summed E-state index contributed by atoms with van der Waals surface area (Å²) in [6, 6.07) is 4.64. The number of hydrogen-bond donors (Lipinski definition) is 1. The maximum absolute atomic E-state index is 11.8. The van der Waals surface area contributed by atoms with Crippen LogP contribution in [0.5, 0.6) is 0 Å². The normalized spacial score (nSPS) is 27.1. The molecule has 1 N–H and O–H groups in total. The Balaban J connectivity index is 1.26. The van der Waals surface area contributed by atoms with Gasteiger partial charge in [-0.05, 0) is 70.4 Å². The summed E-state index contributed by atoms with van der Waals surface area (Å²) in [6.07, 6.45) is 10.1. The number of aromatic nitrogens is 2. The van der Waals surface area contributed by atoms with Crippen LogP contribution < -0.4 is 0 Å². The van der Waals surface area contributed by atoms with Gasteiger partial charge in [-0.2, -0.15) is 0 Å². The second-order valence-electron chi connectivity index (χ2n) is 9.23. The Morgan fingerprint density at radius 2 is 1.90 bits per heavy atom. The second-order valence-corrected chi connectivity index (χ2v) is 9.23. The summed E-state index contributed by atoms with van der Waals surface area (Å²) in [4.78, 5) is 19.0. The molecule has 0 spiro atoms. The lowest BCUT2D eigenvalue weighted by Gasteiger charge is -2.47. The fourth-order valence-corrected chi connectivity index (χ4v) is 5.52. The van der Waals surface area contributed by atoms with Crippen molar-refractivity contribution in [3.05, 3.63) is 29.6 Å². The van der Waals surface area contributed by atoms with E-state index in [-0.39, 0.29) is 6.04 Å². The van der Waals surface area contributed by atoms with Crippen LogP contribution in [0.4, 0.5) is 0 Å². The molecule has 3 aliphatic rings. The number of ether oxygens (including phenoxy) is 1. The van der Waals surface area contributed by atoms with Crippen LogP contribution >= 0.6 is 0 Å². The molecule has 6 nitrogen and oxygen atoms in total. The van der Waals surface area contributed by atoms with E-state index >= 15 is 0 Å². The zero-order valence-electron chi connectivity index (χ0n) is 17.4. The first-order chi connectivity index (χ1) is 14.0. The third-order valence-electron chi connectivity index (χ3n) is 7.35. The SMILES string of the molecule is Cc1c(C(=O)O)c2cccnc2n1[C@H](C)C1CCC(N2CC(OC3CC3)C2)CC1. The summed E-state index contributed by atoms with van der Waals surface area (Å²) in [6.45, 7) is 6.37. The van der Waals surface area contributed by atoms with E-state index in [0.29, 0.717) is 29.7 Å². The first-order valence-corrected chi connectivity index (χ1v) is 11.1. The van der Waals surface area contributed by atoms with Gasteiger partial charge >= 0.3 is 5.97 Å². The van der Waals surface area contributed by atoms with Crippen molar-refractivity contribution in [2.45, 2.75) is 76.7 Å². The molecule has 2 aromatic rings. The Morgan fingerprint density at radius 3 is 2.55 bits per heavy atom. The number of carbonyl (C=O) groups is 1. The van der Waals surface area contributed by atoms with Gasteiger partial charge in [-0.15, -0.1) is 0 Å². The van der Waals surface area contributed by atoms with Gasteiger partial charge in [-0.1, -0.05) is 0 Å². The van der Waals surface area contributed by atoms with Gasteiger partial charge in [0.2, 0.25) is 0 Å². The molecule has 0 unspecified atom stereocenters. The molecule has 5 rings (SSSR count). The van der Waals surface area contributed by atoms with Gasteiger partial charge in [0, 0.05) is 42.5 Å². The van der Waals surface area contributed by atoms with Crippen molar-refractivity contribution in [3.8, 4) is 0 Å². The van der Waals surface area contributed by atoms with Crippen molar-refractivity contribution in [2.75, 3.05) is 13.1 Å². The van der Waals surface area contributed by atoms with Crippen LogP contribution in [-0.4, -0.2) is 56.9 Å². The number of pyridine rings is 1. The monoisotopic (exact) mass is 397 g/mol. The van der Waals surface area contributed by atoms with Crippen molar-refractivity contribution >= 4 is 17.0 Å². The van der Waals surface area contributed by atoms with Crippen molar-refractivity contribution in [3.63, 3.8) is 0 Å². The van der Waals surface area contributed by atoms with Gasteiger partial charge in [-0.25, -0.2) is 9.78 Å². The zero-order chi connectivity index (χ0) is 20.1. The summed E-state index contributed by atoms with van der Waals surface area (Å²) in [5, 5.41) is 10.5. The highest BCUT2D eigenvalue weighted by molar-refractivity contribution is 6.04. The Morgan fingerprint density at radius 1 is 1.17 bits per heavy atom. The van der Waals surface area contributed by atoms with Gasteiger partial charge in [0.1, 0.15) is 5.65 Å². The van der Waals surface area contributed by atoms with Crippen LogP contribution in [0, 0.1) is 12.8 Å². The summed E-state index contributed by atoms with van der Waals surface area (Å²) < 4.78 is 8.18. The molecule has 1 atom stereocenters. The standard InChI is InChI=1S/C23H31N3O3/c1-14(26-15(2)21(23(27)28)20-4-3-11-24-22(20)26)16-5-7-17(8-6-16)25-12-19(13-25)29-18-9-10-18/h3-4,11,14,16-19H,5-10,12-13H2,1-2H3,(H,27,28)/t14-,16?,17?/m1/s1. The van der Waals surface area contributed by atoms with E-state index in [1.165, 1.54) is 38.5 Å². The molecular formula is C23H31N3O3. The lowest BCUT2D eigenvalue weighted by atomic mass is 9.80. The molecule has 156 valence electrons. The Bertz CT molecular complexity index is 905. The molecular weight excluding hydrogens is 366 g/mol. The van der Waals surface area contributed by atoms with Crippen LogP contribution in [0.1, 0.15) is 67.5 Å². The van der Waals surface area contributed by atoms with Gasteiger partial charge in [0.25, 0.3) is 0 Å². The molecule has 0 aromatic carbocycles. The van der Waals surface area contributed by atoms with Crippen molar-refractivity contribution in [1.29, 1.82) is 0 Å². The molecule has 29 heavy (non-hydrogen) atoms. The predicted octanol–water partition coefficient (Wildman–Crippen LogP) is 4.03. The molecule has 2 aliphatic carbocycles. The number of hydrogen-bond acceptors (Lipinski definition) is 4. The van der Waals surface area contributed by atoms with Gasteiger partial charge in [0.05, 0.1) is 17.8 Å². The molecule has 1 saturated heterocycles. The van der Waals surface area contributed by atoms with Crippen molar-refractivity contribution in [2.24, 2.45) is 5.92 Å². The van der Waals surface area contributed by atoms with E-state index in [1.54, 1.807) is 6.20 Å². The minimum Gasteiger partial charge on any atom is -0.478 e. The maximum atomic E-state index is 11.8. The van der Waals surface area contributed by atoms with Crippen LogP contribution in [0.2, 0.25) is 0 Å². The average Bonchev–Trinajstić information content (AvgIpc) is 3.45. The first-order valence-electron chi connectivity index (χ1n) is 11.1. The van der Waals surface area contributed by atoms with E-state index in [4.69, 9.17) is 4.74 Å². The summed E-state index contributed by atoms with van der Waals surface area (Å²) >= 11 is 0. The number of nitrogens with zero attached hydrogens (tertiary/aromatic N) is 3. The highest BCUT2D eigenvalue weighted by Gasteiger charge is 2.39. The second kappa shape index (κ2) is 7.40. The molecule has 2 saturated carbocycles. The molecule has 2 aromatic heterocycles. The highest BCUT2D eigenvalue weighted by Crippen LogP contribution is 2.39. The van der Waals surface area contributed by atoms with E-state index < -0.39 is 5.97 Å². The molecule has 3 fully saturated rings. The van der Waals surface area contributed by atoms with Crippen molar-refractivity contribution < 1.29 is 14.6 Å². The van der Waals surface area contributed by atoms with Gasteiger partial charge < -0.3 is 14.4 Å². The molecule has 0 radical (unpaired) electrons. The summed E-state index contributed by atoms with van der Waals surface area (Å²) in [5.74, 6) is -0.306. The van der Waals surface area contributed by atoms with E-state index in [2.05, 4.69) is 21.4 Å². The number of rotatable bonds is 6. The third kappa shape index (κ3) is 3.46. The van der Waals surface area contributed by atoms with Crippen LogP contribution in [0.3, 0.4) is 0 Å². The largest absolute Gasteiger partial charge is 0.478 e. The predicted molar refractivity (Wildman–Crippen MR) is 111 cm³/mol. The average molecular weight is 398 g/mol. The quantitative estimate of drug-likeness (QED) is 0.797. The number of carboxylic acid groups (broad SMARTS) is 1. The molecule has 6 heteroatoms. The number of fused-ring (bicyclic) bond motifs is 1. The third-order valence-corrected chi connectivity index (χ3v) is 7.35. The van der Waals surface area contributed by atoms with Crippen LogP contribution in [-0.2, 0) is 4.74 Å². The zero-order valence-corrected chi connectivity index (χ0v) is 17.4.